The van der Waals surface area contributed by atoms with Gasteiger partial charge in [0.1, 0.15) is 0 Å². The summed E-state index contributed by atoms with van der Waals surface area (Å²) in [5, 5.41) is 5.62. The van der Waals surface area contributed by atoms with Gasteiger partial charge in [-0.3, -0.25) is 9.59 Å². The number of rotatable bonds is 5. The van der Waals surface area contributed by atoms with Crippen LogP contribution >= 0.6 is 38.6 Å². The summed E-state index contributed by atoms with van der Waals surface area (Å²) < 4.78 is 0.907. The number of hydrogen-bond acceptors (Lipinski definition) is 4. The SMILES string of the molecule is O=C(/C(=C\C(=O)c1cccs1)c1ccsc1)c1ccc(Br)cc1. The van der Waals surface area contributed by atoms with E-state index >= 15 is 0 Å². The highest BCUT2D eigenvalue weighted by molar-refractivity contribution is 9.10. The second kappa shape index (κ2) is 7.17. The molecule has 0 atom stereocenters. The molecule has 2 heterocycles. The van der Waals surface area contributed by atoms with Crippen LogP contribution < -0.4 is 0 Å². The van der Waals surface area contributed by atoms with Crippen LogP contribution in [0.3, 0.4) is 0 Å². The molecule has 0 saturated carbocycles. The van der Waals surface area contributed by atoms with Gasteiger partial charge >= 0.3 is 0 Å². The normalized spacial score (nSPS) is 11.4. The monoisotopic (exact) mass is 402 g/mol. The summed E-state index contributed by atoms with van der Waals surface area (Å²) in [5.74, 6) is -0.299. The zero-order chi connectivity index (χ0) is 16.2. The molecule has 0 radical (unpaired) electrons. The van der Waals surface area contributed by atoms with E-state index in [-0.39, 0.29) is 11.6 Å². The van der Waals surface area contributed by atoms with Gasteiger partial charge in [0, 0.05) is 15.6 Å². The largest absolute Gasteiger partial charge is 0.289 e. The van der Waals surface area contributed by atoms with Gasteiger partial charge in [-0.15, -0.1) is 11.3 Å². The van der Waals surface area contributed by atoms with Crippen molar-refractivity contribution in [3.8, 4) is 0 Å². The molecule has 0 aliphatic carbocycles. The van der Waals surface area contributed by atoms with Gasteiger partial charge in [-0.2, -0.15) is 11.3 Å². The number of benzene rings is 1. The number of carbonyl (C=O) groups excluding carboxylic acids is 2. The number of halogens is 1. The maximum absolute atomic E-state index is 12.8. The summed E-state index contributed by atoms with van der Waals surface area (Å²) in [6, 6.07) is 12.6. The molecule has 0 bridgehead atoms. The van der Waals surface area contributed by atoms with Crippen LogP contribution in [0.15, 0.2) is 69.2 Å². The first kappa shape index (κ1) is 16.1. The van der Waals surface area contributed by atoms with Crippen molar-refractivity contribution in [2.24, 2.45) is 0 Å². The van der Waals surface area contributed by atoms with Gasteiger partial charge < -0.3 is 0 Å². The van der Waals surface area contributed by atoms with E-state index in [2.05, 4.69) is 15.9 Å². The zero-order valence-corrected chi connectivity index (χ0v) is 15.1. The molecule has 0 aliphatic heterocycles. The summed E-state index contributed by atoms with van der Waals surface area (Å²) in [7, 11) is 0. The van der Waals surface area contributed by atoms with E-state index in [0.29, 0.717) is 16.0 Å². The van der Waals surface area contributed by atoms with E-state index in [1.807, 2.05) is 40.4 Å². The predicted octanol–water partition coefficient (Wildman–Crippen LogP) is 5.72. The number of allylic oxidation sites excluding steroid dienone is 2. The zero-order valence-electron chi connectivity index (χ0n) is 11.9. The van der Waals surface area contributed by atoms with Crippen molar-refractivity contribution >= 4 is 55.7 Å². The average molecular weight is 403 g/mol. The van der Waals surface area contributed by atoms with Crippen LogP contribution in [0.4, 0.5) is 0 Å². The topological polar surface area (TPSA) is 34.1 Å². The first-order valence-corrected chi connectivity index (χ1v) is 9.39. The molecule has 0 saturated heterocycles. The van der Waals surface area contributed by atoms with Crippen LogP contribution in [0.1, 0.15) is 25.6 Å². The maximum atomic E-state index is 12.8. The summed E-state index contributed by atoms with van der Waals surface area (Å²) in [4.78, 5) is 25.8. The fourth-order valence-corrected chi connectivity index (χ4v) is 3.63. The minimum Gasteiger partial charge on any atom is -0.289 e. The van der Waals surface area contributed by atoms with Gasteiger partial charge in [-0.25, -0.2) is 0 Å². The summed E-state index contributed by atoms with van der Waals surface area (Å²) in [6.45, 7) is 0. The highest BCUT2D eigenvalue weighted by Gasteiger charge is 2.17. The van der Waals surface area contributed by atoms with Gasteiger partial charge in [0.25, 0.3) is 0 Å². The molecule has 23 heavy (non-hydrogen) atoms. The standard InChI is InChI=1S/C18H11BrO2S2/c19-14-5-3-12(4-6-14)18(21)15(13-7-9-22-11-13)10-16(20)17-2-1-8-23-17/h1-11H/b15-10-. The Kier molecular flexibility index (Phi) is 5.00. The maximum Gasteiger partial charge on any atom is 0.196 e. The lowest BCUT2D eigenvalue weighted by Gasteiger charge is -2.05. The third kappa shape index (κ3) is 3.75. The molecule has 0 spiro atoms. The molecule has 3 rings (SSSR count). The lowest BCUT2D eigenvalue weighted by Crippen LogP contribution is -2.05. The predicted molar refractivity (Wildman–Crippen MR) is 99.4 cm³/mol. The highest BCUT2D eigenvalue weighted by atomic mass is 79.9. The van der Waals surface area contributed by atoms with Crippen LogP contribution in [0.25, 0.3) is 5.57 Å². The van der Waals surface area contributed by atoms with Crippen LogP contribution in [-0.2, 0) is 0 Å². The van der Waals surface area contributed by atoms with E-state index < -0.39 is 0 Å². The third-order valence-electron chi connectivity index (χ3n) is 3.22. The Morgan fingerprint density at radius 2 is 1.74 bits per heavy atom. The second-order valence-corrected chi connectivity index (χ2v) is 7.39. The minimum absolute atomic E-state index is 0.147. The molecule has 1 aromatic carbocycles. The lowest BCUT2D eigenvalue weighted by atomic mass is 9.97. The number of carbonyl (C=O) groups is 2. The number of hydrogen-bond donors (Lipinski definition) is 0. The van der Waals surface area contributed by atoms with Crippen molar-refractivity contribution in [1.82, 2.24) is 0 Å². The Morgan fingerprint density at radius 1 is 0.957 bits per heavy atom. The van der Waals surface area contributed by atoms with Crippen LogP contribution in [0.2, 0.25) is 0 Å². The van der Waals surface area contributed by atoms with Crippen LogP contribution in [-0.4, -0.2) is 11.6 Å². The first-order valence-electron chi connectivity index (χ1n) is 6.77. The number of thiophene rings is 2. The molecule has 0 fully saturated rings. The van der Waals surface area contributed by atoms with Gasteiger partial charge in [0.15, 0.2) is 11.6 Å². The van der Waals surface area contributed by atoms with Crippen LogP contribution in [0, 0.1) is 0 Å². The molecular formula is C18H11BrO2S2. The highest BCUT2D eigenvalue weighted by Crippen LogP contribution is 2.24. The molecule has 2 nitrogen and oxygen atoms in total. The Labute approximate surface area is 150 Å². The molecule has 114 valence electrons. The van der Waals surface area contributed by atoms with Gasteiger partial charge in [-0.1, -0.05) is 22.0 Å². The van der Waals surface area contributed by atoms with Gasteiger partial charge in [0.2, 0.25) is 0 Å². The van der Waals surface area contributed by atoms with E-state index in [4.69, 9.17) is 0 Å². The quantitative estimate of drug-likeness (QED) is 0.403. The second-order valence-electron chi connectivity index (χ2n) is 4.75. The Hall–Kier alpha value is -1.82. The molecule has 0 N–H and O–H groups in total. The Morgan fingerprint density at radius 3 is 2.35 bits per heavy atom. The molecule has 0 aliphatic rings. The first-order chi connectivity index (χ1) is 11.1. The van der Waals surface area contributed by atoms with E-state index in [9.17, 15) is 9.59 Å². The average Bonchev–Trinajstić information content (AvgIpc) is 3.25. The van der Waals surface area contributed by atoms with Crippen molar-refractivity contribution in [3.05, 3.63) is 85.2 Å². The van der Waals surface area contributed by atoms with Crippen molar-refractivity contribution in [2.45, 2.75) is 0 Å². The fraction of sp³-hybridized carbons (Fsp3) is 0. The van der Waals surface area contributed by atoms with Crippen LogP contribution in [0.5, 0.6) is 0 Å². The fourth-order valence-electron chi connectivity index (χ4n) is 2.08. The summed E-state index contributed by atoms with van der Waals surface area (Å²) >= 11 is 6.23. The smallest absolute Gasteiger partial charge is 0.196 e. The van der Waals surface area contributed by atoms with Crippen molar-refractivity contribution < 1.29 is 9.59 Å². The molecular weight excluding hydrogens is 392 g/mol. The molecule has 0 unspecified atom stereocenters. The molecule has 5 heteroatoms. The van der Waals surface area contributed by atoms with Gasteiger partial charge in [-0.05, 0) is 64.2 Å². The molecule has 2 aromatic heterocycles. The van der Waals surface area contributed by atoms with E-state index in [1.54, 1.807) is 18.2 Å². The van der Waals surface area contributed by atoms with Crippen molar-refractivity contribution in [2.75, 3.05) is 0 Å². The molecule has 3 aromatic rings. The van der Waals surface area contributed by atoms with Crippen molar-refractivity contribution in [1.29, 1.82) is 0 Å². The number of Topliss-reactive ketones (excluding diaryl/α,β-unsaturated/α-hetero) is 1. The minimum atomic E-state index is -0.152. The third-order valence-corrected chi connectivity index (χ3v) is 5.32. The van der Waals surface area contributed by atoms with E-state index in [0.717, 1.165) is 10.0 Å². The Balaban J connectivity index is 2.01. The Bertz CT molecular complexity index is 845. The summed E-state index contributed by atoms with van der Waals surface area (Å²) in [5.41, 5.74) is 1.75. The number of ketones is 2. The lowest BCUT2D eigenvalue weighted by molar-refractivity contribution is 0.103. The van der Waals surface area contributed by atoms with Crippen molar-refractivity contribution in [3.63, 3.8) is 0 Å². The van der Waals surface area contributed by atoms with Gasteiger partial charge in [0.05, 0.1) is 4.88 Å². The van der Waals surface area contributed by atoms with E-state index in [1.165, 1.54) is 28.7 Å². The molecule has 0 amide bonds. The summed E-state index contributed by atoms with van der Waals surface area (Å²) in [6.07, 6.45) is 1.44.